The number of carbonyl (C=O) groups excluding carboxylic acids is 2. The zero-order chi connectivity index (χ0) is 23.9. The quantitative estimate of drug-likeness (QED) is 0.593. The SMILES string of the molecule is COc1cc(N2CC(C)n3ncc(C(=O)Nc4ccc(F)cn4)c3C2=O)ccc1C(F)(F)F. The average Bonchev–Trinajstić information content (AvgIpc) is 3.23. The first kappa shape index (κ1) is 22.2. The minimum Gasteiger partial charge on any atom is -0.496 e. The van der Waals surface area contributed by atoms with Gasteiger partial charge in [-0.05, 0) is 31.2 Å². The van der Waals surface area contributed by atoms with Gasteiger partial charge in [-0.3, -0.25) is 14.3 Å². The van der Waals surface area contributed by atoms with Crippen LogP contribution in [0.1, 0.15) is 39.4 Å². The number of alkyl halides is 3. The predicted octanol–water partition coefficient (Wildman–Crippen LogP) is 3.92. The Morgan fingerprint density at radius 3 is 2.61 bits per heavy atom. The van der Waals surface area contributed by atoms with Crippen LogP contribution in [-0.4, -0.2) is 40.2 Å². The lowest BCUT2D eigenvalue weighted by Gasteiger charge is -2.32. The molecule has 1 N–H and O–H groups in total. The van der Waals surface area contributed by atoms with Gasteiger partial charge in [0.2, 0.25) is 0 Å². The molecule has 1 atom stereocenters. The first-order valence-corrected chi connectivity index (χ1v) is 9.67. The maximum absolute atomic E-state index is 13.3. The van der Waals surface area contributed by atoms with Gasteiger partial charge in [0.25, 0.3) is 11.8 Å². The number of hydrogen-bond acceptors (Lipinski definition) is 5. The fourth-order valence-corrected chi connectivity index (χ4v) is 3.57. The fourth-order valence-electron chi connectivity index (χ4n) is 3.57. The van der Waals surface area contributed by atoms with Crippen molar-refractivity contribution in [1.82, 2.24) is 14.8 Å². The molecule has 3 heterocycles. The Morgan fingerprint density at radius 2 is 1.97 bits per heavy atom. The first-order chi connectivity index (χ1) is 15.6. The Labute approximate surface area is 184 Å². The zero-order valence-electron chi connectivity index (χ0n) is 17.4. The van der Waals surface area contributed by atoms with E-state index >= 15 is 0 Å². The number of methoxy groups -OCH3 is 1. The molecule has 0 radical (unpaired) electrons. The van der Waals surface area contributed by atoms with Crippen LogP contribution < -0.4 is 15.0 Å². The van der Waals surface area contributed by atoms with Gasteiger partial charge in [-0.2, -0.15) is 18.3 Å². The molecule has 8 nitrogen and oxygen atoms in total. The molecule has 1 aliphatic rings. The summed E-state index contributed by atoms with van der Waals surface area (Å²) in [7, 11) is 1.11. The summed E-state index contributed by atoms with van der Waals surface area (Å²) in [5, 5.41) is 6.60. The van der Waals surface area contributed by atoms with Gasteiger partial charge in [0.1, 0.15) is 23.1 Å². The van der Waals surface area contributed by atoms with E-state index in [4.69, 9.17) is 4.74 Å². The third-order valence-corrected chi connectivity index (χ3v) is 5.12. The number of aromatic nitrogens is 3. The summed E-state index contributed by atoms with van der Waals surface area (Å²) in [5.74, 6) is -2.25. The summed E-state index contributed by atoms with van der Waals surface area (Å²) >= 11 is 0. The lowest BCUT2D eigenvalue weighted by molar-refractivity contribution is -0.138. The second-order valence-electron chi connectivity index (χ2n) is 7.31. The highest BCUT2D eigenvalue weighted by atomic mass is 19.4. The van der Waals surface area contributed by atoms with E-state index in [1.54, 1.807) is 6.92 Å². The fraction of sp³-hybridized carbons (Fsp3) is 0.238. The molecule has 12 heteroatoms. The Balaban J connectivity index is 1.68. The van der Waals surface area contributed by atoms with E-state index in [9.17, 15) is 27.2 Å². The van der Waals surface area contributed by atoms with Crippen molar-refractivity contribution in [3.63, 3.8) is 0 Å². The molecule has 0 saturated carbocycles. The number of ether oxygens (including phenoxy) is 1. The molecule has 2 aromatic heterocycles. The van der Waals surface area contributed by atoms with Crippen LogP contribution in [0.5, 0.6) is 5.75 Å². The molecule has 3 aromatic rings. The lowest BCUT2D eigenvalue weighted by atomic mass is 10.1. The van der Waals surface area contributed by atoms with Crippen molar-refractivity contribution >= 4 is 23.3 Å². The third kappa shape index (κ3) is 4.11. The Kier molecular flexibility index (Phi) is 5.52. The van der Waals surface area contributed by atoms with Crippen molar-refractivity contribution in [3.05, 3.63) is 65.4 Å². The van der Waals surface area contributed by atoms with Gasteiger partial charge in [-0.25, -0.2) is 9.37 Å². The van der Waals surface area contributed by atoms with E-state index in [0.29, 0.717) is 0 Å². The van der Waals surface area contributed by atoms with Crippen LogP contribution >= 0.6 is 0 Å². The number of amides is 2. The van der Waals surface area contributed by atoms with Crippen molar-refractivity contribution in [3.8, 4) is 5.75 Å². The molecule has 1 aliphatic heterocycles. The number of hydrogen-bond donors (Lipinski definition) is 1. The van der Waals surface area contributed by atoms with Crippen LogP contribution in [0, 0.1) is 5.82 Å². The van der Waals surface area contributed by atoms with Crippen LogP contribution in [0.25, 0.3) is 0 Å². The van der Waals surface area contributed by atoms with Crippen LogP contribution in [0.4, 0.5) is 29.1 Å². The summed E-state index contributed by atoms with van der Waals surface area (Å²) in [6, 6.07) is 5.13. The number of fused-ring (bicyclic) bond motifs is 1. The van der Waals surface area contributed by atoms with E-state index in [0.717, 1.165) is 31.5 Å². The van der Waals surface area contributed by atoms with E-state index in [2.05, 4.69) is 15.4 Å². The Hall–Kier alpha value is -3.96. The number of anilines is 2. The molecule has 2 amide bonds. The second-order valence-corrected chi connectivity index (χ2v) is 7.31. The minimum atomic E-state index is -4.62. The van der Waals surface area contributed by atoms with Crippen molar-refractivity contribution in [1.29, 1.82) is 0 Å². The minimum absolute atomic E-state index is 0.0350. The van der Waals surface area contributed by atoms with Gasteiger partial charge in [-0.1, -0.05) is 0 Å². The van der Waals surface area contributed by atoms with Gasteiger partial charge < -0.3 is 15.0 Å². The third-order valence-electron chi connectivity index (χ3n) is 5.12. The van der Waals surface area contributed by atoms with E-state index in [-0.39, 0.29) is 35.3 Å². The molecule has 0 fully saturated rings. The smallest absolute Gasteiger partial charge is 0.419 e. The number of halogens is 4. The van der Waals surface area contributed by atoms with Crippen molar-refractivity contribution in [2.45, 2.75) is 19.1 Å². The molecule has 172 valence electrons. The monoisotopic (exact) mass is 463 g/mol. The maximum atomic E-state index is 13.3. The highest BCUT2D eigenvalue weighted by Gasteiger charge is 2.38. The van der Waals surface area contributed by atoms with Gasteiger partial charge in [0, 0.05) is 18.3 Å². The molecule has 1 unspecified atom stereocenters. The predicted molar refractivity (Wildman–Crippen MR) is 109 cm³/mol. The standard InChI is InChI=1S/C21H17F4N5O3/c1-11-10-29(13-4-5-15(21(23,24)25)16(7-13)33-2)20(32)18-14(9-27-30(11)18)19(31)28-17-6-3-12(22)8-26-17/h3-9,11H,10H2,1-2H3,(H,26,28,31). The lowest BCUT2D eigenvalue weighted by Crippen LogP contribution is -2.43. The second kappa shape index (κ2) is 8.19. The van der Waals surface area contributed by atoms with Crippen molar-refractivity contribution in [2.75, 3.05) is 23.9 Å². The number of nitrogens with one attached hydrogen (secondary N) is 1. The van der Waals surface area contributed by atoms with Crippen LogP contribution in [0.3, 0.4) is 0 Å². The Morgan fingerprint density at radius 1 is 1.21 bits per heavy atom. The molecule has 0 bridgehead atoms. The van der Waals surface area contributed by atoms with E-state index in [1.807, 2.05) is 0 Å². The van der Waals surface area contributed by atoms with Crippen molar-refractivity contribution < 1.29 is 31.9 Å². The zero-order valence-corrected chi connectivity index (χ0v) is 17.4. The highest BCUT2D eigenvalue weighted by Crippen LogP contribution is 2.39. The van der Waals surface area contributed by atoms with E-state index < -0.39 is 35.1 Å². The molecule has 0 saturated heterocycles. The van der Waals surface area contributed by atoms with E-state index in [1.165, 1.54) is 27.9 Å². The molecule has 33 heavy (non-hydrogen) atoms. The van der Waals surface area contributed by atoms with Crippen LogP contribution in [0.15, 0.2) is 42.7 Å². The molecular weight excluding hydrogens is 446 g/mol. The van der Waals surface area contributed by atoms with Crippen LogP contribution in [-0.2, 0) is 6.18 Å². The summed E-state index contributed by atoms with van der Waals surface area (Å²) in [6.07, 6.45) is -2.48. The molecule has 0 aliphatic carbocycles. The number of carbonyl (C=O) groups is 2. The van der Waals surface area contributed by atoms with Gasteiger partial charge >= 0.3 is 6.18 Å². The number of benzene rings is 1. The normalized spacial score (nSPS) is 15.9. The highest BCUT2D eigenvalue weighted by molar-refractivity contribution is 6.15. The largest absolute Gasteiger partial charge is 0.496 e. The summed E-state index contributed by atoms with van der Waals surface area (Å²) in [5.41, 5.74) is -0.882. The van der Waals surface area contributed by atoms with Crippen molar-refractivity contribution in [2.24, 2.45) is 0 Å². The average molecular weight is 463 g/mol. The molecule has 0 spiro atoms. The van der Waals surface area contributed by atoms with Gasteiger partial charge in [-0.15, -0.1) is 0 Å². The topological polar surface area (TPSA) is 89.3 Å². The Bertz CT molecular complexity index is 1220. The number of nitrogens with zero attached hydrogens (tertiary/aromatic N) is 4. The summed E-state index contributed by atoms with van der Waals surface area (Å²) < 4.78 is 58.9. The first-order valence-electron chi connectivity index (χ1n) is 9.67. The number of pyridine rings is 1. The van der Waals surface area contributed by atoms with Gasteiger partial charge in [0.05, 0.1) is 36.7 Å². The molecular formula is C21H17F4N5O3. The summed E-state index contributed by atoms with van der Waals surface area (Å²) in [6.45, 7) is 1.86. The molecule has 4 rings (SSSR count). The molecule has 1 aromatic carbocycles. The number of rotatable bonds is 4. The van der Waals surface area contributed by atoms with Crippen LogP contribution in [0.2, 0.25) is 0 Å². The van der Waals surface area contributed by atoms with Gasteiger partial charge in [0.15, 0.2) is 0 Å². The summed E-state index contributed by atoms with van der Waals surface area (Å²) in [4.78, 5) is 31.1. The maximum Gasteiger partial charge on any atom is 0.419 e.